The Morgan fingerprint density at radius 1 is 1.67 bits per heavy atom. The summed E-state index contributed by atoms with van der Waals surface area (Å²) in [4.78, 5) is 11.5. The minimum absolute atomic E-state index is 0.316. The fraction of sp³-hybridized carbons (Fsp3) is 0.154. The number of halogens is 1. The summed E-state index contributed by atoms with van der Waals surface area (Å²) in [5, 5.41) is 0.316. The number of amides is 1. The van der Waals surface area contributed by atoms with Gasteiger partial charge in [-0.2, -0.15) is 0 Å². The lowest BCUT2D eigenvalue weighted by molar-refractivity contribution is 0.1000. The van der Waals surface area contributed by atoms with Crippen LogP contribution in [0.25, 0.3) is 11.5 Å². The Bertz CT molecular complexity index is 597. The van der Waals surface area contributed by atoms with Gasteiger partial charge in [0.25, 0.3) is 5.91 Å². The molecule has 0 bridgehead atoms. The van der Waals surface area contributed by atoms with Gasteiger partial charge in [-0.15, -0.1) is 6.58 Å². The second-order valence-electron chi connectivity index (χ2n) is 3.86. The molecule has 0 atom stereocenters. The van der Waals surface area contributed by atoms with Crippen molar-refractivity contribution in [2.24, 2.45) is 5.73 Å². The Labute approximate surface area is 110 Å². The zero-order valence-corrected chi connectivity index (χ0v) is 10.7. The number of carbonyl (C=O) groups is 1. The van der Waals surface area contributed by atoms with E-state index < -0.39 is 5.91 Å². The van der Waals surface area contributed by atoms with Gasteiger partial charge in [-0.25, -0.2) is 0 Å². The maximum atomic E-state index is 11.5. The third kappa shape index (κ3) is 1.84. The third-order valence-corrected chi connectivity index (χ3v) is 3.14. The second-order valence-corrected chi connectivity index (χ2v) is 4.24. The molecule has 18 heavy (non-hydrogen) atoms. The third-order valence-electron chi connectivity index (χ3n) is 2.78. The van der Waals surface area contributed by atoms with Crippen LogP contribution in [0.1, 0.15) is 16.1 Å². The number of nitrogens with two attached hydrogens (primary N) is 1. The molecule has 2 N–H and O–H groups in total. The van der Waals surface area contributed by atoms with Crippen molar-refractivity contribution in [2.45, 2.75) is 13.5 Å². The van der Waals surface area contributed by atoms with Crippen molar-refractivity contribution in [1.29, 1.82) is 0 Å². The lowest BCUT2D eigenvalue weighted by atomic mass is 10.2. The first-order valence-corrected chi connectivity index (χ1v) is 5.78. The molecule has 4 nitrogen and oxygen atoms in total. The van der Waals surface area contributed by atoms with Crippen molar-refractivity contribution in [3.8, 4) is 11.5 Å². The molecule has 2 aromatic rings. The minimum atomic E-state index is -0.548. The van der Waals surface area contributed by atoms with Crippen molar-refractivity contribution < 1.29 is 9.21 Å². The predicted molar refractivity (Wildman–Crippen MR) is 70.6 cm³/mol. The summed E-state index contributed by atoms with van der Waals surface area (Å²) < 4.78 is 7.20. The number of carbonyl (C=O) groups excluding carboxylic acids is 1. The van der Waals surface area contributed by atoms with E-state index in [9.17, 15) is 4.79 Å². The zero-order valence-electron chi connectivity index (χ0n) is 9.94. The maximum absolute atomic E-state index is 11.5. The molecule has 2 rings (SSSR count). The predicted octanol–water partition coefficient (Wildman–Crippen LogP) is 2.99. The Kier molecular flexibility index (Phi) is 3.30. The molecular weight excluding hydrogens is 252 g/mol. The number of hydrogen-bond donors (Lipinski definition) is 1. The fourth-order valence-corrected chi connectivity index (χ4v) is 2.42. The van der Waals surface area contributed by atoms with E-state index >= 15 is 0 Å². The van der Waals surface area contributed by atoms with E-state index in [0.29, 0.717) is 34.3 Å². The maximum Gasteiger partial charge on any atom is 0.252 e. The van der Waals surface area contributed by atoms with Crippen molar-refractivity contribution >= 4 is 17.5 Å². The summed E-state index contributed by atoms with van der Waals surface area (Å²) in [6.45, 7) is 6.01. The van der Waals surface area contributed by atoms with Gasteiger partial charge in [-0.1, -0.05) is 17.7 Å². The lowest BCUT2D eigenvalue weighted by Gasteiger charge is -2.07. The topological polar surface area (TPSA) is 61.2 Å². The van der Waals surface area contributed by atoms with E-state index in [1.807, 2.05) is 4.57 Å². The SMILES string of the molecule is C=CCn1c(C)c(C(N)=O)c(Cl)c1-c1ccco1. The monoisotopic (exact) mass is 264 g/mol. The standard InChI is InChI=1S/C13H13ClN2O2/c1-3-6-16-8(2)10(13(15)17)11(14)12(16)9-5-4-7-18-9/h3-5,7H,1,6H2,2H3,(H2,15,17). The normalized spacial score (nSPS) is 10.6. The number of nitrogens with zero attached hydrogens (tertiary/aromatic N) is 1. The van der Waals surface area contributed by atoms with Crippen LogP contribution in [0, 0.1) is 6.92 Å². The van der Waals surface area contributed by atoms with Gasteiger partial charge in [0.2, 0.25) is 0 Å². The number of aromatic nitrogens is 1. The Balaban J connectivity index is 2.74. The molecule has 0 aliphatic carbocycles. The van der Waals surface area contributed by atoms with E-state index in [2.05, 4.69) is 6.58 Å². The highest BCUT2D eigenvalue weighted by atomic mass is 35.5. The highest BCUT2D eigenvalue weighted by Gasteiger charge is 2.24. The highest BCUT2D eigenvalue weighted by Crippen LogP contribution is 2.35. The van der Waals surface area contributed by atoms with Crippen LogP contribution in [0.3, 0.4) is 0 Å². The summed E-state index contributed by atoms with van der Waals surface area (Å²) in [5.41, 5.74) is 7.03. The van der Waals surface area contributed by atoms with Gasteiger partial charge in [0.1, 0.15) is 5.69 Å². The van der Waals surface area contributed by atoms with Crippen molar-refractivity contribution in [3.05, 3.63) is 47.3 Å². The molecule has 0 saturated heterocycles. The first kappa shape index (κ1) is 12.5. The van der Waals surface area contributed by atoms with Crippen LogP contribution in [0.4, 0.5) is 0 Å². The quantitative estimate of drug-likeness (QED) is 0.863. The fourth-order valence-electron chi connectivity index (χ4n) is 2.00. The van der Waals surface area contributed by atoms with Gasteiger partial charge in [0.15, 0.2) is 5.76 Å². The molecule has 2 heterocycles. The number of furan rings is 1. The molecule has 0 aliphatic rings. The molecular formula is C13H13ClN2O2. The van der Waals surface area contributed by atoms with Crippen LogP contribution in [0.5, 0.6) is 0 Å². The molecule has 0 aliphatic heterocycles. The van der Waals surface area contributed by atoms with Crippen molar-refractivity contribution in [1.82, 2.24) is 4.57 Å². The first-order chi connectivity index (χ1) is 8.57. The summed E-state index contributed by atoms with van der Waals surface area (Å²) in [6, 6.07) is 3.54. The van der Waals surface area contributed by atoms with Crippen LogP contribution < -0.4 is 5.73 Å². The molecule has 94 valence electrons. The number of rotatable bonds is 4. The first-order valence-electron chi connectivity index (χ1n) is 5.41. The van der Waals surface area contributed by atoms with Crippen molar-refractivity contribution in [3.63, 3.8) is 0 Å². The van der Waals surface area contributed by atoms with Gasteiger partial charge >= 0.3 is 0 Å². The smallest absolute Gasteiger partial charge is 0.252 e. The Hall–Kier alpha value is -1.94. The van der Waals surface area contributed by atoms with E-state index in [1.165, 1.54) is 0 Å². The van der Waals surface area contributed by atoms with E-state index in [1.54, 1.807) is 31.4 Å². The zero-order chi connectivity index (χ0) is 13.3. The van der Waals surface area contributed by atoms with Gasteiger partial charge in [-0.3, -0.25) is 4.79 Å². The largest absolute Gasteiger partial charge is 0.463 e. The number of hydrogen-bond acceptors (Lipinski definition) is 2. The molecule has 0 fully saturated rings. The van der Waals surface area contributed by atoms with Gasteiger partial charge in [0.05, 0.1) is 16.8 Å². The minimum Gasteiger partial charge on any atom is -0.463 e. The average Bonchev–Trinajstić information content (AvgIpc) is 2.87. The van der Waals surface area contributed by atoms with E-state index in [-0.39, 0.29) is 0 Å². The van der Waals surface area contributed by atoms with Crippen molar-refractivity contribution in [2.75, 3.05) is 0 Å². The van der Waals surface area contributed by atoms with Crippen LogP contribution in [-0.2, 0) is 6.54 Å². The van der Waals surface area contributed by atoms with E-state index in [0.717, 1.165) is 0 Å². The number of allylic oxidation sites excluding steroid dienone is 1. The molecule has 0 aromatic carbocycles. The molecule has 0 spiro atoms. The summed E-state index contributed by atoms with van der Waals surface area (Å²) in [5.74, 6) is 0.0468. The summed E-state index contributed by atoms with van der Waals surface area (Å²) in [6.07, 6.45) is 3.27. The summed E-state index contributed by atoms with van der Waals surface area (Å²) in [7, 11) is 0. The van der Waals surface area contributed by atoms with Crippen LogP contribution in [0.15, 0.2) is 35.5 Å². The molecule has 1 amide bonds. The lowest BCUT2D eigenvalue weighted by Crippen LogP contribution is -2.12. The number of primary amides is 1. The van der Waals surface area contributed by atoms with Gasteiger partial charge in [-0.05, 0) is 19.1 Å². The summed E-state index contributed by atoms with van der Waals surface area (Å²) >= 11 is 6.24. The molecule has 0 radical (unpaired) electrons. The molecule has 5 heteroatoms. The average molecular weight is 265 g/mol. The highest BCUT2D eigenvalue weighted by molar-refractivity contribution is 6.36. The second kappa shape index (κ2) is 4.74. The van der Waals surface area contributed by atoms with E-state index in [4.69, 9.17) is 21.8 Å². The molecule has 2 aromatic heterocycles. The van der Waals surface area contributed by atoms with Gasteiger partial charge < -0.3 is 14.7 Å². The molecule has 0 unspecified atom stereocenters. The van der Waals surface area contributed by atoms with Crippen LogP contribution in [0.2, 0.25) is 5.02 Å². The molecule has 0 saturated carbocycles. The van der Waals surface area contributed by atoms with Gasteiger partial charge in [0, 0.05) is 12.2 Å². The van der Waals surface area contributed by atoms with Crippen LogP contribution in [-0.4, -0.2) is 10.5 Å². The van der Waals surface area contributed by atoms with Crippen LogP contribution >= 0.6 is 11.6 Å². The Morgan fingerprint density at radius 3 is 2.89 bits per heavy atom. The Morgan fingerprint density at radius 2 is 2.39 bits per heavy atom.